The minimum Gasteiger partial charge on any atom is -0.461 e. The first-order chi connectivity index (χ1) is 16.1. The summed E-state index contributed by atoms with van der Waals surface area (Å²) < 4.78 is 29.2. The molecule has 0 fully saturated rings. The van der Waals surface area contributed by atoms with Gasteiger partial charge in [-0.2, -0.15) is 0 Å². The van der Waals surface area contributed by atoms with Gasteiger partial charge < -0.3 is 15.8 Å². The third-order valence-electron chi connectivity index (χ3n) is 5.01. The fraction of sp³-hybridized carbons (Fsp3) is 0.273. The number of primary sulfonamides is 1. The predicted octanol–water partition coefficient (Wildman–Crippen LogP) is 2.16. The van der Waals surface area contributed by atoms with Gasteiger partial charge in [0, 0.05) is 22.9 Å². The van der Waals surface area contributed by atoms with E-state index in [1.54, 1.807) is 25.1 Å². The summed E-state index contributed by atoms with van der Waals surface area (Å²) >= 11 is 1.02. The number of guanidine groups is 1. The Morgan fingerprint density at radius 2 is 1.94 bits per heavy atom. The maximum Gasteiger partial charge on any atom is 0.357 e. The number of hydrogen-bond donors (Lipinski definition) is 4. The molecule has 1 heterocycles. The third-order valence-corrected chi connectivity index (χ3v) is 6.82. The van der Waals surface area contributed by atoms with E-state index in [0.29, 0.717) is 47.7 Å². The molecular weight excluding hydrogens is 478 g/mol. The molecule has 0 unspecified atom stereocenters. The minimum absolute atomic E-state index is 0.0394. The second-order valence-electron chi connectivity index (χ2n) is 7.38. The quantitative estimate of drug-likeness (QED) is 0.107. The highest BCUT2D eigenvalue weighted by molar-refractivity contribution is 7.89. The van der Waals surface area contributed by atoms with Crippen molar-refractivity contribution in [2.45, 2.75) is 31.1 Å². The normalized spacial score (nSPS) is 11.4. The molecule has 0 amide bonds. The number of benzene rings is 2. The summed E-state index contributed by atoms with van der Waals surface area (Å²) in [6.45, 7) is 2.37. The highest BCUT2D eigenvalue weighted by atomic mass is 32.2. The van der Waals surface area contributed by atoms with Crippen LogP contribution in [0.4, 0.5) is 0 Å². The number of esters is 1. The van der Waals surface area contributed by atoms with Gasteiger partial charge in [0.15, 0.2) is 16.7 Å². The first-order valence-electron chi connectivity index (χ1n) is 10.5. The van der Waals surface area contributed by atoms with Gasteiger partial charge in [0.25, 0.3) is 0 Å². The minimum atomic E-state index is -4.02. The van der Waals surface area contributed by atoms with E-state index in [4.69, 9.17) is 21.0 Å². The molecule has 0 aliphatic rings. The maximum absolute atomic E-state index is 13.6. The van der Waals surface area contributed by atoms with Gasteiger partial charge in [0.05, 0.1) is 11.5 Å². The lowest BCUT2D eigenvalue weighted by Gasteiger charge is -2.14. The fourth-order valence-electron chi connectivity index (χ4n) is 3.55. The smallest absolute Gasteiger partial charge is 0.357 e. The number of nitrogens with zero attached hydrogens (tertiary/aromatic N) is 1. The highest BCUT2D eigenvalue weighted by Crippen LogP contribution is 2.31. The van der Waals surface area contributed by atoms with Crippen molar-refractivity contribution in [1.29, 1.82) is 5.41 Å². The van der Waals surface area contributed by atoms with Crippen molar-refractivity contribution < 1.29 is 22.7 Å². The molecule has 10 nitrogen and oxygen atoms in total. The number of aryl methyl sites for hydroxylation is 1. The molecule has 2 aromatic carbocycles. The monoisotopic (exact) mass is 503 g/mol. The van der Waals surface area contributed by atoms with Crippen LogP contribution in [0.5, 0.6) is 0 Å². The van der Waals surface area contributed by atoms with Crippen LogP contribution in [0.3, 0.4) is 0 Å². The van der Waals surface area contributed by atoms with E-state index >= 15 is 0 Å². The molecule has 0 saturated heterocycles. The van der Waals surface area contributed by atoms with Crippen molar-refractivity contribution in [3.05, 3.63) is 57.5 Å². The van der Waals surface area contributed by atoms with Gasteiger partial charge >= 0.3 is 5.97 Å². The van der Waals surface area contributed by atoms with E-state index < -0.39 is 21.8 Å². The Balaban J connectivity index is 2.05. The van der Waals surface area contributed by atoms with Crippen molar-refractivity contribution in [3.63, 3.8) is 0 Å². The number of ether oxygens (including phenoxy) is 1. The summed E-state index contributed by atoms with van der Waals surface area (Å²) in [7, 11) is -4.02. The Morgan fingerprint density at radius 3 is 2.62 bits per heavy atom. The average Bonchev–Trinajstić information content (AvgIpc) is 3.27. The van der Waals surface area contributed by atoms with Crippen LogP contribution in [-0.4, -0.2) is 44.3 Å². The van der Waals surface area contributed by atoms with E-state index in [1.807, 2.05) is 0 Å². The summed E-state index contributed by atoms with van der Waals surface area (Å²) in [5.74, 6) is -1.15. The van der Waals surface area contributed by atoms with E-state index in [9.17, 15) is 18.0 Å². The maximum atomic E-state index is 13.6. The Morgan fingerprint density at radius 1 is 1.18 bits per heavy atom. The molecule has 0 saturated carbocycles. The number of aromatic nitrogens is 1. The van der Waals surface area contributed by atoms with Crippen LogP contribution in [0, 0.1) is 5.41 Å². The Hall–Kier alpha value is -3.35. The number of carbonyl (C=O) groups excluding carboxylic acids is 2. The number of thiazole rings is 1. The van der Waals surface area contributed by atoms with E-state index in [0.717, 1.165) is 11.3 Å². The van der Waals surface area contributed by atoms with Crippen LogP contribution in [0.2, 0.25) is 0 Å². The van der Waals surface area contributed by atoms with Crippen LogP contribution in [-0.2, 0) is 21.2 Å². The average molecular weight is 504 g/mol. The van der Waals surface area contributed by atoms with Gasteiger partial charge in [-0.05, 0) is 43.2 Å². The number of fused-ring (bicyclic) bond motifs is 1. The summed E-state index contributed by atoms with van der Waals surface area (Å²) in [6.07, 6.45) is 1.91. The second kappa shape index (κ2) is 10.7. The predicted molar refractivity (Wildman–Crippen MR) is 130 cm³/mol. The zero-order chi connectivity index (χ0) is 24.9. The van der Waals surface area contributed by atoms with Crippen LogP contribution in [0.25, 0.3) is 10.8 Å². The highest BCUT2D eigenvalue weighted by Gasteiger charge is 2.24. The van der Waals surface area contributed by atoms with Crippen molar-refractivity contribution in [3.8, 4) is 0 Å². The summed E-state index contributed by atoms with van der Waals surface area (Å²) in [5.41, 5.74) is 6.36. The zero-order valence-electron chi connectivity index (χ0n) is 18.5. The van der Waals surface area contributed by atoms with Crippen molar-refractivity contribution in [2.75, 3.05) is 13.2 Å². The molecule has 180 valence electrons. The van der Waals surface area contributed by atoms with Gasteiger partial charge in [-0.1, -0.05) is 24.3 Å². The van der Waals surface area contributed by atoms with Crippen molar-refractivity contribution in [2.24, 2.45) is 10.9 Å². The zero-order valence-corrected chi connectivity index (χ0v) is 20.1. The van der Waals surface area contributed by atoms with Gasteiger partial charge in [-0.15, -0.1) is 11.3 Å². The molecule has 0 atom stereocenters. The van der Waals surface area contributed by atoms with Gasteiger partial charge in [0.1, 0.15) is 0 Å². The largest absolute Gasteiger partial charge is 0.461 e. The lowest BCUT2D eigenvalue weighted by Crippen LogP contribution is -2.30. The third kappa shape index (κ3) is 5.76. The molecule has 12 heteroatoms. The lowest BCUT2D eigenvalue weighted by atomic mass is 9.93. The number of rotatable bonds is 10. The molecule has 0 radical (unpaired) electrons. The molecule has 3 rings (SSSR count). The molecule has 0 spiro atoms. The fourth-order valence-corrected chi connectivity index (χ4v) is 5.03. The number of sulfonamides is 1. The number of nitrogens with one attached hydrogen (secondary N) is 2. The molecule has 0 aliphatic carbocycles. The van der Waals surface area contributed by atoms with E-state index in [1.165, 1.54) is 17.5 Å². The van der Waals surface area contributed by atoms with Crippen LogP contribution < -0.4 is 16.2 Å². The lowest BCUT2D eigenvalue weighted by molar-refractivity contribution is 0.0520. The molecule has 6 N–H and O–H groups in total. The second-order valence-corrected chi connectivity index (χ2v) is 9.77. The van der Waals surface area contributed by atoms with E-state index in [2.05, 4.69) is 10.3 Å². The molecule has 0 bridgehead atoms. The SMILES string of the molecule is CCOC(=O)c1csc(C(=O)c2c(CCCCNC(=N)N)ccc3c(S(N)(=O)=O)cccc23)n1. The summed E-state index contributed by atoms with van der Waals surface area (Å²) in [4.78, 5) is 29.7. The van der Waals surface area contributed by atoms with Gasteiger partial charge in [-0.25, -0.2) is 23.3 Å². The van der Waals surface area contributed by atoms with Crippen LogP contribution in [0.15, 0.2) is 40.6 Å². The first kappa shape index (κ1) is 25.3. The Bertz CT molecular complexity index is 1350. The number of ketones is 1. The number of hydrogen-bond acceptors (Lipinski definition) is 8. The first-order valence-corrected chi connectivity index (χ1v) is 12.9. The standard InChI is InChI=1S/C22H25N5O5S2/c1-2-32-21(29)16-12-33-20(27-16)19(28)18-13(6-3-4-11-26-22(23)24)9-10-14-15(18)7-5-8-17(14)34(25,30)31/h5,7-10,12H,2-4,6,11H2,1H3,(H4,23,24,26)(H2,25,30,31). The van der Waals surface area contributed by atoms with Crippen LogP contribution >= 0.6 is 11.3 Å². The number of carbonyl (C=O) groups is 2. The number of nitrogens with two attached hydrogens (primary N) is 2. The van der Waals surface area contributed by atoms with E-state index in [-0.39, 0.29) is 28.2 Å². The molecule has 34 heavy (non-hydrogen) atoms. The molecule has 1 aromatic heterocycles. The Labute approximate surface area is 200 Å². The van der Waals surface area contributed by atoms with Crippen molar-refractivity contribution in [1.82, 2.24) is 10.3 Å². The topological polar surface area (TPSA) is 178 Å². The van der Waals surface area contributed by atoms with Gasteiger partial charge in [-0.3, -0.25) is 10.2 Å². The molecule has 3 aromatic rings. The number of unbranched alkanes of at least 4 members (excludes halogenated alkanes) is 1. The van der Waals surface area contributed by atoms with Crippen LogP contribution in [0.1, 0.15) is 51.2 Å². The van der Waals surface area contributed by atoms with Gasteiger partial charge in [0.2, 0.25) is 15.8 Å². The molecular formula is C22H25N5O5S2. The molecule has 0 aliphatic heterocycles. The summed E-state index contributed by atoms with van der Waals surface area (Å²) in [5, 5.41) is 17.7. The Kier molecular flexibility index (Phi) is 7.97. The van der Waals surface area contributed by atoms with Crippen molar-refractivity contribution >= 4 is 49.8 Å². The summed E-state index contributed by atoms with van der Waals surface area (Å²) in [6, 6.07) is 7.94.